The lowest BCUT2D eigenvalue weighted by molar-refractivity contribution is -0.153. The van der Waals surface area contributed by atoms with Gasteiger partial charge in [0.15, 0.2) is 5.82 Å². The van der Waals surface area contributed by atoms with Crippen molar-refractivity contribution in [2.75, 3.05) is 5.32 Å². The van der Waals surface area contributed by atoms with Crippen LogP contribution in [-0.2, 0) is 15.3 Å². The van der Waals surface area contributed by atoms with Gasteiger partial charge in [0.25, 0.3) is 5.56 Å². The fraction of sp³-hybridized carbons (Fsp3) is 0.214. The predicted octanol–water partition coefficient (Wildman–Crippen LogP) is 0.251. The van der Waals surface area contributed by atoms with Crippen molar-refractivity contribution in [3.05, 3.63) is 40.3 Å². The first-order chi connectivity index (χ1) is 10.8. The molecule has 1 aliphatic rings. The third-order valence-electron chi connectivity index (χ3n) is 3.60. The van der Waals surface area contributed by atoms with Crippen LogP contribution in [0, 0.1) is 6.92 Å². The number of carboxylic acid groups (broad SMARTS) is 2. The van der Waals surface area contributed by atoms with E-state index in [2.05, 4.69) is 15.4 Å². The molecular weight excluding hydrogens is 304 g/mol. The minimum absolute atomic E-state index is 0.0126. The molecule has 1 aromatic carbocycles. The second-order valence-corrected chi connectivity index (χ2v) is 5.14. The Labute approximate surface area is 129 Å². The number of hydrogen-bond acceptors (Lipinski definition) is 6. The smallest absolute Gasteiger partial charge is 0.353 e. The quantitative estimate of drug-likeness (QED) is 0.733. The van der Waals surface area contributed by atoms with E-state index in [-0.39, 0.29) is 11.5 Å². The van der Waals surface area contributed by atoms with Crippen LogP contribution < -0.4 is 10.9 Å². The van der Waals surface area contributed by atoms with Crippen LogP contribution in [0.4, 0.5) is 5.69 Å². The van der Waals surface area contributed by atoms with Gasteiger partial charge in [0.05, 0.1) is 0 Å². The maximum Gasteiger partial charge on any atom is 0.353 e. The van der Waals surface area contributed by atoms with Gasteiger partial charge >= 0.3 is 11.9 Å². The molecule has 23 heavy (non-hydrogen) atoms. The van der Waals surface area contributed by atoms with Crippen molar-refractivity contribution < 1.29 is 19.8 Å². The van der Waals surface area contributed by atoms with Gasteiger partial charge in [0.2, 0.25) is 5.66 Å². The van der Waals surface area contributed by atoms with E-state index in [1.165, 1.54) is 6.92 Å². The summed E-state index contributed by atoms with van der Waals surface area (Å²) in [4.78, 5) is 38.8. The Morgan fingerprint density at radius 1 is 1.30 bits per heavy atom. The average Bonchev–Trinajstić information content (AvgIpc) is 2.48. The average molecular weight is 316 g/mol. The van der Waals surface area contributed by atoms with Gasteiger partial charge in [-0.3, -0.25) is 9.59 Å². The summed E-state index contributed by atoms with van der Waals surface area (Å²) in [6.45, 7) is 1.39. The number of rotatable bonds is 3. The highest BCUT2D eigenvalue weighted by Gasteiger charge is 2.48. The Balaban J connectivity index is 2.39. The summed E-state index contributed by atoms with van der Waals surface area (Å²) in [5.41, 5.74) is -1.84. The molecular formula is C14H12N4O5. The number of nitrogens with one attached hydrogen (secondary N) is 1. The molecule has 118 valence electrons. The molecule has 2 heterocycles. The zero-order chi connectivity index (χ0) is 16.8. The molecule has 2 aromatic rings. The van der Waals surface area contributed by atoms with Gasteiger partial charge < -0.3 is 15.5 Å². The van der Waals surface area contributed by atoms with Gasteiger partial charge in [-0.15, -0.1) is 0 Å². The Morgan fingerprint density at radius 3 is 2.65 bits per heavy atom. The number of nitrogens with zero attached hydrogens (tertiary/aromatic N) is 3. The Bertz CT molecular complexity index is 891. The van der Waals surface area contributed by atoms with Crippen LogP contribution >= 0.6 is 0 Å². The van der Waals surface area contributed by atoms with Crippen molar-refractivity contribution in [1.82, 2.24) is 14.8 Å². The lowest BCUT2D eigenvalue weighted by Gasteiger charge is -2.37. The molecule has 3 N–H and O–H groups in total. The standard InChI is InChI=1S/C14H12N4O5/c1-7-12(21)15-11-8-4-2-3-5-9(8)16-14(13(22)23,6-10(19)20)18(11)17-7/h2-5,16H,6H2,1H3,(H,19,20)(H,22,23)/t14-/m1/s1. The molecule has 0 saturated carbocycles. The second-order valence-electron chi connectivity index (χ2n) is 5.14. The van der Waals surface area contributed by atoms with E-state index in [4.69, 9.17) is 5.11 Å². The number of para-hydroxylation sites is 1. The number of carboxylic acids is 2. The summed E-state index contributed by atoms with van der Waals surface area (Å²) in [5, 5.41) is 25.5. The van der Waals surface area contributed by atoms with Crippen molar-refractivity contribution in [2.45, 2.75) is 19.0 Å². The first kappa shape index (κ1) is 14.7. The molecule has 9 nitrogen and oxygen atoms in total. The summed E-state index contributed by atoms with van der Waals surface area (Å²) in [6, 6.07) is 6.59. The maximum atomic E-state index is 11.9. The highest BCUT2D eigenvalue weighted by Crippen LogP contribution is 2.38. The largest absolute Gasteiger partial charge is 0.481 e. The highest BCUT2D eigenvalue weighted by molar-refractivity contribution is 5.90. The molecule has 1 aliphatic heterocycles. The van der Waals surface area contributed by atoms with Gasteiger partial charge in [-0.2, -0.15) is 10.1 Å². The number of anilines is 1. The SMILES string of the molecule is Cc1nn2c(nc1=O)-c1ccccc1N[C@@]2(CC(=O)O)C(=O)O. The number of aliphatic carboxylic acids is 2. The molecule has 0 aliphatic carbocycles. The van der Waals surface area contributed by atoms with E-state index < -0.39 is 29.6 Å². The van der Waals surface area contributed by atoms with E-state index in [0.29, 0.717) is 11.3 Å². The van der Waals surface area contributed by atoms with Crippen LogP contribution in [0.5, 0.6) is 0 Å². The number of fused-ring (bicyclic) bond motifs is 3. The van der Waals surface area contributed by atoms with Gasteiger partial charge in [0.1, 0.15) is 12.1 Å². The summed E-state index contributed by atoms with van der Waals surface area (Å²) in [6.07, 6.45) is -0.777. The second kappa shape index (κ2) is 4.90. The Morgan fingerprint density at radius 2 is 2.00 bits per heavy atom. The van der Waals surface area contributed by atoms with E-state index >= 15 is 0 Å². The minimum atomic E-state index is -2.07. The van der Waals surface area contributed by atoms with Crippen LogP contribution in [0.25, 0.3) is 11.4 Å². The third-order valence-corrected chi connectivity index (χ3v) is 3.60. The lowest BCUT2D eigenvalue weighted by Crippen LogP contribution is -2.54. The number of hydrogen-bond donors (Lipinski definition) is 3. The topological polar surface area (TPSA) is 134 Å². The molecule has 0 bridgehead atoms. The lowest BCUT2D eigenvalue weighted by atomic mass is 9.99. The van der Waals surface area contributed by atoms with Crippen LogP contribution in [-0.4, -0.2) is 36.9 Å². The number of benzene rings is 1. The fourth-order valence-corrected chi connectivity index (χ4v) is 2.53. The van der Waals surface area contributed by atoms with E-state index in [1.807, 2.05) is 0 Å². The molecule has 3 rings (SSSR count). The zero-order valence-corrected chi connectivity index (χ0v) is 12.0. The minimum Gasteiger partial charge on any atom is -0.481 e. The van der Waals surface area contributed by atoms with Crippen molar-refractivity contribution in [3.63, 3.8) is 0 Å². The predicted molar refractivity (Wildman–Crippen MR) is 78.0 cm³/mol. The van der Waals surface area contributed by atoms with Crippen LogP contribution in [0.2, 0.25) is 0 Å². The van der Waals surface area contributed by atoms with Gasteiger partial charge in [0, 0.05) is 11.3 Å². The molecule has 9 heteroatoms. The first-order valence-corrected chi connectivity index (χ1v) is 6.66. The van der Waals surface area contributed by atoms with Crippen molar-refractivity contribution >= 4 is 17.6 Å². The van der Waals surface area contributed by atoms with Crippen molar-refractivity contribution in [3.8, 4) is 11.4 Å². The number of aryl methyl sites for hydroxylation is 1. The molecule has 1 atom stereocenters. The summed E-state index contributed by atoms with van der Waals surface area (Å²) in [5.74, 6) is -2.75. The maximum absolute atomic E-state index is 11.9. The molecule has 1 aromatic heterocycles. The van der Waals surface area contributed by atoms with Crippen LogP contribution in [0.1, 0.15) is 12.1 Å². The Kier molecular flexibility index (Phi) is 3.13. The zero-order valence-electron chi connectivity index (χ0n) is 12.0. The molecule has 0 unspecified atom stereocenters. The van der Waals surface area contributed by atoms with Crippen LogP contribution in [0.3, 0.4) is 0 Å². The normalized spacial score (nSPS) is 18.5. The highest BCUT2D eigenvalue weighted by atomic mass is 16.4. The fourth-order valence-electron chi connectivity index (χ4n) is 2.53. The molecule has 0 fully saturated rings. The van der Waals surface area contributed by atoms with Gasteiger partial charge in [-0.25, -0.2) is 9.48 Å². The number of carbonyl (C=O) groups is 2. The first-order valence-electron chi connectivity index (χ1n) is 6.66. The summed E-state index contributed by atoms with van der Waals surface area (Å²) >= 11 is 0. The monoisotopic (exact) mass is 316 g/mol. The molecule has 0 radical (unpaired) electrons. The van der Waals surface area contributed by atoms with E-state index in [0.717, 1.165) is 4.68 Å². The molecule has 0 amide bonds. The summed E-state index contributed by atoms with van der Waals surface area (Å²) in [7, 11) is 0. The molecule has 0 saturated heterocycles. The van der Waals surface area contributed by atoms with Crippen LogP contribution in [0.15, 0.2) is 29.1 Å². The van der Waals surface area contributed by atoms with E-state index in [9.17, 15) is 19.5 Å². The third kappa shape index (κ3) is 2.13. The van der Waals surface area contributed by atoms with Crippen molar-refractivity contribution in [1.29, 1.82) is 0 Å². The van der Waals surface area contributed by atoms with Gasteiger partial charge in [-0.05, 0) is 19.1 Å². The van der Waals surface area contributed by atoms with Crippen molar-refractivity contribution in [2.24, 2.45) is 0 Å². The summed E-state index contributed by atoms with van der Waals surface area (Å²) < 4.78 is 0.961. The van der Waals surface area contributed by atoms with E-state index in [1.54, 1.807) is 24.3 Å². The molecule has 0 spiro atoms. The Hall–Kier alpha value is -3.23. The van der Waals surface area contributed by atoms with Gasteiger partial charge in [-0.1, -0.05) is 12.1 Å². The number of aromatic nitrogens is 3.